The summed E-state index contributed by atoms with van der Waals surface area (Å²) in [4.78, 5) is 0. The molecule has 0 amide bonds. The molecule has 0 spiro atoms. The third-order valence-electron chi connectivity index (χ3n) is 3.48. The van der Waals surface area contributed by atoms with Crippen LogP contribution >= 0.6 is 0 Å². The summed E-state index contributed by atoms with van der Waals surface area (Å²) in [5.74, 6) is 0. The smallest absolute Gasteiger partial charge is 0.0796 e. The lowest BCUT2D eigenvalue weighted by Gasteiger charge is -2.15. The minimum atomic E-state index is -0.414. The van der Waals surface area contributed by atoms with E-state index in [1.165, 1.54) is 0 Å². The molecule has 1 atom stereocenters. The molecule has 0 heterocycles. The lowest BCUT2D eigenvalue weighted by molar-refractivity contribution is 0.151. The monoisotopic (exact) mass is 270 g/mol. The normalized spacial score (nSPS) is 12.3. The average Bonchev–Trinajstić information content (AvgIpc) is 2.52. The maximum absolute atomic E-state index is 10.4. The van der Waals surface area contributed by atoms with E-state index in [0.29, 0.717) is 0 Å². The molecule has 0 saturated heterocycles. The Labute approximate surface area is 121 Å². The molecule has 20 heavy (non-hydrogen) atoms. The minimum Gasteiger partial charge on any atom is -0.388 e. The highest BCUT2D eigenvalue weighted by Crippen LogP contribution is 2.30. The zero-order valence-corrected chi connectivity index (χ0v) is 12.0. The van der Waals surface area contributed by atoms with Crippen molar-refractivity contribution in [1.82, 2.24) is 0 Å². The molecule has 2 heteroatoms. The molecular weight excluding hydrogens is 248 g/mol. The van der Waals surface area contributed by atoms with Gasteiger partial charge in [0.05, 0.1) is 6.10 Å². The molecule has 0 aliphatic rings. The summed E-state index contributed by atoms with van der Waals surface area (Å²) in [5.41, 5.74) is 3.28. The highest BCUT2D eigenvalue weighted by atomic mass is 16.5. The number of methoxy groups -OCH3 is 1. The first kappa shape index (κ1) is 14.8. The summed E-state index contributed by atoms with van der Waals surface area (Å²) in [6.45, 7) is 0.757. The predicted molar refractivity (Wildman–Crippen MR) is 82.6 cm³/mol. The zero-order valence-electron chi connectivity index (χ0n) is 12.0. The zero-order chi connectivity index (χ0) is 14.2. The van der Waals surface area contributed by atoms with Crippen LogP contribution in [0.25, 0.3) is 11.1 Å². The first-order chi connectivity index (χ1) is 9.83. The Morgan fingerprint density at radius 1 is 0.950 bits per heavy atom. The van der Waals surface area contributed by atoms with Gasteiger partial charge >= 0.3 is 0 Å². The lowest BCUT2D eigenvalue weighted by Crippen LogP contribution is -2.01. The van der Waals surface area contributed by atoms with E-state index in [1.54, 1.807) is 7.11 Å². The molecule has 0 aliphatic heterocycles. The quantitative estimate of drug-likeness (QED) is 0.764. The molecule has 2 nitrogen and oxygen atoms in total. The number of ether oxygens (including phenoxy) is 1. The van der Waals surface area contributed by atoms with E-state index in [1.807, 2.05) is 36.4 Å². The van der Waals surface area contributed by atoms with E-state index >= 15 is 0 Å². The highest BCUT2D eigenvalue weighted by Gasteiger charge is 2.12. The summed E-state index contributed by atoms with van der Waals surface area (Å²) < 4.78 is 5.04. The molecule has 1 N–H and O–H groups in total. The molecular formula is C18H22O2. The topological polar surface area (TPSA) is 29.5 Å². The first-order valence-corrected chi connectivity index (χ1v) is 7.14. The third-order valence-corrected chi connectivity index (χ3v) is 3.48. The number of hydrogen-bond acceptors (Lipinski definition) is 2. The standard InChI is InChI=1S/C18H22O2/c1-20-14-8-7-13-18(19)17-12-6-5-11-16(17)15-9-3-2-4-10-15/h2-6,9-12,18-19H,7-8,13-14H2,1H3. The molecule has 0 radical (unpaired) electrons. The molecule has 2 rings (SSSR count). The van der Waals surface area contributed by atoms with E-state index in [9.17, 15) is 5.11 Å². The van der Waals surface area contributed by atoms with Crippen molar-refractivity contribution in [1.29, 1.82) is 0 Å². The van der Waals surface area contributed by atoms with Crippen LogP contribution in [0.4, 0.5) is 0 Å². The van der Waals surface area contributed by atoms with E-state index in [4.69, 9.17) is 4.74 Å². The van der Waals surface area contributed by atoms with E-state index < -0.39 is 6.10 Å². The van der Waals surface area contributed by atoms with Gasteiger partial charge in [-0.05, 0) is 36.0 Å². The Kier molecular flexibility index (Phi) is 5.78. The van der Waals surface area contributed by atoms with Gasteiger partial charge in [0, 0.05) is 13.7 Å². The van der Waals surface area contributed by atoms with Crippen LogP contribution in [0, 0.1) is 0 Å². The molecule has 0 fully saturated rings. The number of unbranched alkanes of at least 4 members (excludes halogenated alkanes) is 1. The van der Waals surface area contributed by atoms with Gasteiger partial charge in [0.2, 0.25) is 0 Å². The van der Waals surface area contributed by atoms with Crippen molar-refractivity contribution in [2.24, 2.45) is 0 Å². The van der Waals surface area contributed by atoms with Crippen molar-refractivity contribution in [3.63, 3.8) is 0 Å². The minimum absolute atomic E-state index is 0.414. The van der Waals surface area contributed by atoms with Crippen molar-refractivity contribution in [2.45, 2.75) is 25.4 Å². The molecule has 0 aromatic heterocycles. The van der Waals surface area contributed by atoms with Gasteiger partial charge in [-0.15, -0.1) is 0 Å². The summed E-state index contributed by atoms with van der Waals surface area (Å²) in [6.07, 6.45) is 2.31. The van der Waals surface area contributed by atoms with Gasteiger partial charge in [-0.2, -0.15) is 0 Å². The number of hydrogen-bond donors (Lipinski definition) is 1. The Morgan fingerprint density at radius 3 is 2.40 bits per heavy atom. The fourth-order valence-corrected chi connectivity index (χ4v) is 2.41. The first-order valence-electron chi connectivity index (χ1n) is 7.14. The van der Waals surface area contributed by atoms with Crippen LogP contribution in [0.5, 0.6) is 0 Å². The fourth-order valence-electron chi connectivity index (χ4n) is 2.41. The second-order valence-electron chi connectivity index (χ2n) is 4.96. The van der Waals surface area contributed by atoms with E-state index in [2.05, 4.69) is 18.2 Å². The Bertz CT molecular complexity index is 508. The lowest BCUT2D eigenvalue weighted by atomic mass is 9.94. The van der Waals surface area contributed by atoms with Crippen LogP contribution in [0.2, 0.25) is 0 Å². The number of benzene rings is 2. The fraction of sp³-hybridized carbons (Fsp3) is 0.333. The molecule has 0 saturated carbocycles. The molecule has 0 bridgehead atoms. The summed E-state index contributed by atoms with van der Waals surface area (Å²) in [7, 11) is 1.71. The van der Waals surface area contributed by atoms with Crippen LogP contribution in [0.3, 0.4) is 0 Å². The van der Waals surface area contributed by atoms with Crippen molar-refractivity contribution in [3.8, 4) is 11.1 Å². The van der Waals surface area contributed by atoms with Crippen LogP contribution < -0.4 is 0 Å². The van der Waals surface area contributed by atoms with E-state index in [-0.39, 0.29) is 0 Å². The average molecular weight is 270 g/mol. The van der Waals surface area contributed by atoms with E-state index in [0.717, 1.165) is 42.6 Å². The van der Waals surface area contributed by atoms with Gasteiger partial charge in [0.1, 0.15) is 0 Å². The number of aliphatic hydroxyl groups is 1. The van der Waals surface area contributed by atoms with Gasteiger partial charge in [-0.1, -0.05) is 54.6 Å². The second-order valence-corrected chi connectivity index (χ2v) is 4.96. The van der Waals surface area contributed by atoms with Crippen LogP contribution in [0.15, 0.2) is 54.6 Å². The number of aliphatic hydroxyl groups excluding tert-OH is 1. The SMILES string of the molecule is COCCCCC(O)c1ccccc1-c1ccccc1. The van der Waals surface area contributed by atoms with Gasteiger partial charge in [-0.3, -0.25) is 0 Å². The van der Waals surface area contributed by atoms with Crippen LogP contribution in [-0.2, 0) is 4.74 Å². The highest BCUT2D eigenvalue weighted by molar-refractivity contribution is 5.67. The van der Waals surface area contributed by atoms with Gasteiger partial charge in [-0.25, -0.2) is 0 Å². The van der Waals surface area contributed by atoms with Gasteiger partial charge < -0.3 is 9.84 Å². The Hall–Kier alpha value is -1.64. The summed E-state index contributed by atoms with van der Waals surface area (Å²) in [6, 6.07) is 18.3. The van der Waals surface area contributed by atoms with Gasteiger partial charge in [0.25, 0.3) is 0 Å². The Morgan fingerprint density at radius 2 is 1.65 bits per heavy atom. The number of rotatable bonds is 7. The summed E-state index contributed by atoms with van der Waals surface area (Å²) in [5, 5.41) is 10.4. The molecule has 106 valence electrons. The Balaban J connectivity index is 2.11. The van der Waals surface area contributed by atoms with Gasteiger partial charge in [0.15, 0.2) is 0 Å². The maximum atomic E-state index is 10.4. The molecule has 1 unspecified atom stereocenters. The molecule has 0 aliphatic carbocycles. The summed E-state index contributed by atoms with van der Waals surface area (Å²) >= 11 is 0. The van der Waals surface area contributed by atoms with Crippen molar-refractivity contribution in [2.75, 3.05) is 13.7 Å². The van der Waals surface area contributed by atoms with Crippen molar-refractivity contribution in [3.05, 3.63) is 60.2 Å². The van der Waals surface area contributed by atoms with Crippen molar-refractivity contribution < 1.29 is 9.84 Å². The molecule has 2 aromatic carbocycles. The largest absolute Gasteiger partial charge is 0.388 e. The van der Waals surface area contributed by atoms with Crippen LogP contribution in [-0.4, -0.2) is 18.8 Å². The predicted octanol–water partition coefficient (Wildman–Crippen LogP) is 4.20. The third kappa shape index (κ3) is 3.92. The maximum Gasteiger partial charge on any atom is 0.0796 e. The van der Waals surface area contributed by atoms with Crippen LogP contribution in [0.1, 0.15) is 30.9 Å². The van der Waals surface area contributed by atoms with Crippen molar-refractivity contribution >= 4 is 0 Å². The second kappa shape index (κ2) is 7.83. The molecule has 2 aromatic rings.